The second kappa shape index (κ2) is 9.90. The maximum atomic E-state index is 13.6. The molecule has 0 saturated carbocycles. The Morgan fingerprint density at radius 2 is 1.55 bits per heavy atom. The zero-order valence-corrected chi connectivity index (χ0v) is 19.1. The van der Waals surface area contributed by atoms with Crippen molar-refractivity contribution in [1.29, 1.82) is 0 Å². The predicted octanol–water partition coefficient (Wildman–Crippen LogP) is 2.73. The van der Waals surface area contributed by atoms with Gasteiger partial charge in [0.15, 0.2) is 11.6 Å². The molecule has 0 spiro atoms. The molecule has 0 aliphatic carbocycles. The van der Waals surface area contributed by atoms with Crippen LogP contribution in [0.2, 0.25) is 5.02 Å². The molecule has 8 nitrogen and oxygen atoms in total. The number of sulfonamides is 1. The number of hydrogen-bond acceptors (Lipinski definition) is 6. The number of benzene rings is 2. The second-order valence-corrected chi connectivity index (χ2v) is 9.81. The predicted molar refractivity (Wildman–Crippen MR) is 118 cm³/mol. The summed E-state index contributed by atoms with van der Waals surface area (Å²) < 4.78 is 65.9. The molecule has 0 atom stereocenters. The summed E-state index contributed by atoms with van der Waals surface area (Å²) in [5, 5.41) is 2.26. The largest absolute Gasteiger partial charge is 0.379 e. The molecule has 2 fully saturated rings. The summed E-state index contributed by atoms with van der Waals surface area (Å²) in [5.74, 6) is -3.19. The quantitative estimate of drug-likeness (QED) is 0.634. The lowest BCUT2D eigenvalue weighted by Crippen LogP contribution is -2.42. The van der Waals surface area contributed by atoms with Gasteiger partial charge in [0.05, 0.1) is 42.7 Å². The number of nitrogens with one attached hydrogen (secondary N) is 1. The zero-order chi connectivity index (χ0) is 23.6. The van der Waals surface area contributed by atoms with Gasteiger partial charge in [0.25, 0.3) is 5.91 Å². The van der Waals surface area contributed by atoms with Crippen LogP contribution in [0.5, 0.6) is 0 Å². The van der Waals surface area contributed by atoms with E-state index in [9.17, 15) is 22.0 Å². The maximum Gasteiger partial charge on any atom is 0.257 e. The average molecular weight is 502 g/mol. The van der Waals surface area contributed by atoms with Crippen molar-refractivity contribution in [3.05, 3.63) is 52.6 Å². The summed E-state index contributed by atoms with van der Waals surface area (Å²) in [4.78, 5) is 14.6. The third kappa shape index (κ3) is 5.12. The maximum absolute atomic E-state index is 13.6. The molecule has 2 aliphatic rings. The molecule has 1 N–H and O–H groups in total. The molecule has 2 heterocycles. The van der Waals surface area contributed by atoms with Gasteiger partial charge in [-0.3, -0.25) is 4.79 Å². The van der Waals surface area contributed by atoms with E-state index >= 15 is 0 Å². The number of ether oxygens (including phenoxy) is 2. The molecule has 178 valence electrons. The molecule has 0 bridgehead atoms. The van der Waals surface area contributed by atoms with Gasteiger partial charge in [-0.05, 0) is 30.3 Å². The van der Waals surface area contributed by atoms with E-state index in [0.29, 0.717) is 44.1 Å². The minimum atomic E-state index is -3.90. The van der Waals surface area contributed by atoms with Crippen LogP contribution < -0.4 is 10.2 Å². The first-order valence-corrected chi connectivity index (χ1v) is 12.1. The first kappa shape index (κ1) is 23.8. The third-order valence-corrected chi connectivity index (χ3v) is 7.65. The Morgan fingerprint density at radius 3 is 2.21 bits per heavy atom. The highest BCUT2D eigenvalue weighted by atomic mass is 35.5. The van der Waals surface area contributed by atoms with Crippen LogP contribution in [-0.4, -0.2) is 71.2 Å². The highest BCUT2D eigenvalue weighted by Gasteiger charge is 2.31. The molecule has 2 aliphatic heterocycles. The number of carbonyl (C=O) groups is 1. The van der Waals surface area contributed by atoms with Crippen LogP contribution in [0, 0.1) is 11.6 Å². The third-order valence-electron chi connectivity index (χ3n) is 5.41. The minimum Gasteiger partial charge on any atom is -0.379 e. The Labute approximate surface area is 195 Å². The van der Waals surface area contributed by atoms with Crippen LogP contribution in [0.25, 0.3) is 0 Å². The van der Waals surface area contributed by atoms with Crippen molar-refractivity contribution in [3.63, 3.8) is 0 Å². The van der Waals surface area contributed by atoms with Gasteiger partial charge in [0, 0.05) is 31.9 Å². The first-order chi connectivity index (χ1) is 15.8. The standard InChI is InChI=1S/C21H22ClF2N3O5S/c22-16-13-18(24)17(23)12-15(16)21(28)25-14-1-2-19(26-3-7-31-8-4-26)20(11-14)33(29,30)27-5-9-32-10-6-27/h1-2,11-13H,3-10H2,(H,25,28). The number of hydrogen-bond donors (Lipinski definition) is 1. The lowest BCUT2D eigenvalue weighted by Gasteiger charge is -2.33. The monoisotopic (exact) mass is 501 g/mol. The van der Waals surface area contributed by atoms with Crippen LogP contribution in [-0.2, 0) is 19.5 Å². The summed E-state index contributed by atoms with van der Waals surface area (Å²) >= 11 is 5.89. The Balaban J connectivity index is 1.69. The van der Waals surface area contributed by atoms with E-state index in [1.807, 2.05) is 4.90 Å². The zero-order valence-electron chi connectivity index (χ0n) is 17.5. The van der Waals surface area contributed by atoms with E-state index in [2.05, 4.69) is 5.32 Å². The molecular weight excluding hydrogens is 480 g/mol. The molecule has 4 rings (SSSR count). The number of carbonyl (C=O) groups excluding carboxylic acids is 1. The van der Waals surface area contributed by atoms with E-state index in [1.165, 1.54) is 10.4 Å². The van der Waals surface area contributed by atoms with Gasteiger partial charge in [0.2, 0.25) is 10.0 Å². The van der Waals surface area contributed by atoms with Gasteiger partial charge in [-0.1, -0.05) is 11.6 Å². The van der Waals surface area contributed by atoms with Crippen LogP contribution in [0.4, 0.5) is 20.2 Å². The topological polar surface area (TPSA) is 88.2 Å². The fourth-order valence-electron chi connectivity index (χ4n) is 3.69. The van der Waals surface area contributed by atoms with E-state index < -0.39 is 27.6 Å². The number of amides is 1. The van der Waals surface area contributed by atoms with E-state index in [-0.39, 0.29) is 47.5 Å². The number of halogens is 3. The molecule has 33 heavy (non-hydrogen) atoms. The summed E-state index contributed by atoms with van der Waals surface area (Å²) in [6.07, 6.45) is 0. The van der Waals surface area contributed by atoms with Gasteiger partial charge in [-0.15, -0.1) is 0 Å². The van der Waals surface area contributed by atoms with Crippen molar-refractivity contribution in [2.75, 3.05) is 62.8 Å². The summed E-state index contributed by atoms with van der Waals surface area (Å²) in [7, 11) is -3.90. The smallest absolute Gasteiger partial charge is 0.257 e. The SMILES string of the molecule is O=C(Nc1ccc(N2CCOCC2)c(S(=O)(=O)N2CCOCC2)c1)c1cc(F)c(F)cc1Cl. The fourth-order valence-corrected chi connectivity index (χ4v) is 5.57. The van der Waals surface area contributed by atoms with Gasteiger partial charge in [0.1, 0.15) is 4.90 Å². The Hall–Kier alpha value is -2.31. The van der Waals surface area contributed by atoms with Gasteiger partial charge in [-0.25, -0.2) is 17.2 Å². The number of morpholine rings is 2. The molecule has 1 amide bonds. The van der Waals surface area contributed by atoms with Crippen molar-refractivity contribution in [1.82, 2.24) is 4.31 Å². The van der Waals surface area contributed by atoms with Crippen molar-refractivity contribution >= 4 is 38.9 Å². The van der Waals surface area contributed by atoms with Crippen molar-refractivity contribution < 1.29 is 31.5 Å². The summed E-state index contributed by atoms with van der Waals surface area (Å²) in [6.45, 7) is 2.96. The van der Waals surface area contributed by atoms with Crippen LogP contribution in [0.1, 0.15) is 10.4 Å². The lowest BCUT2D eigenvalue weighted by atomic mass is 10.2. The average Bonchev–Trinajstić information content (AvgIpc) is 2.82. The molecule has 2 aromatic carbocycles. The second-order valence-electron chi connectivity index (χ2n) is 7.50. The lowest BCUT2D eigenvalue weighted by molar-refractivity contribution is 0.0730. The molecule has 0 radical (unpaired) electrons. The van der Waals surface area contributed by atoms with E-state index in [4.69, 9.17) is 21.1 Å². The highest BCUT2D eigenvalue weighted by molar-refractivity contribution is 7.89. The first-order valence-electron chi connectivity index (χ1n) is 10.3. The summed E-state index contributed by atoms with van der Waals surface area (Å²) in [6, 6.07) is 5.93. The number of anilines is 2. The van der Waals surface area contributed by atoms with E-state index in [0.717, 1.165) is 0 Å². The molecule has 0 aromatic heterocycles. The number of rotatable bonds is 5. The van der Waals surface area contributed by atoms with Crippen molar-refractivity contribution in [2.45, 2.75) is 4.90 Å². The van der Waals surface area contributed by atoms with Crippen LogP contribution in [0.3, 0.4) is 0 Å². The molecule has 2 saturated heterocycles. The Morgan fingerprint density at radius 1 is 0.939 bits per heavy atom. The fraction of sp³-hybridized carbons (Fsp3) is 0.381. The van der Waals surface area contributed by atoms with Gasteiger partial charge >= 0.3 is 0 Å². The van der Waals surface area contributed by atoms with Crippen LogP contribution in [0.15, 0.2) is 35.2 Å². The van der Waals surface area contributed by atoms with E-state index in [1.54, 1.807) is 12.1 Å². The van der Waals surface area contributed by atoms with Crippen molar-refractivity contribution in [2.24, 2.45) is 0 Å². The molecule has 2 aromatic rings. The normalized spacial score (nSPS) is 17.7. The Kier molecular flexibility index (Phi) is 7.15. The summed E-state index contributed by atoms with van der Waals surface area (Å²) in [5.41, 5.74) is 0.392. The Bertz CT molecular complexity index is 1150. The molecular formula is C21H22ClF2N3O5S. The molecule has 12 heteroatoms. The molecule has 0 unspecified atom stereocenters. The minimum absolute atomic E-state index is 0.0282. The highest BCUT2D eigenvalue weighted by Crippen LogP contribution is 2.32. The number of nitrogens with zero attached hydrogens (tertiary/aromatic N) is 2. The van der Waals surface area contributed by atoms with Crippen LogP contribution >= 0.6 is 11.6 Å². The van der Waals surface area contributed by atoms with Crippen molar-refractivity contribution in [3.8, 4) is 0 Å². The van der Waals surface area contributed by atoms with Gasteiger partial charge < -0.3 is 19.7 Å². The van der Waals surface area contributed by atoms with Gasteiger partial charge in [-0.2, -0.15) is 4.31 Å².